The molecule has 15 heavy (non-hydrogen) atoms. The number of aliphatic hydroxyl groups is 2. The summed E-state index contributed by atoms with van der Waals surface area (Å²) in [5.41, 5.74) is -0.526. The summed E-state index contributed by atoms with van der Waals surface area (Å²) >= 11 is 5.62. The Morgan fingerprint density at radius 2 is 2.13 bits per heavy atom. The van der Waals surface area contributed by atoms with Gasteiger partial charge in [-0.05, 0) is 37.5 Å². The fourth-order valence-electron chi connectivity index (χ4n) is 1.40. The Labute approximate surface area is 93.3 Å². The predicted molar refractivity (Wildman–Crippen MR) is 57.3 cm³/mol. The maximum absolute atomic E-state index is 12.9. The van der Waals surface area contributed by atoms with Gasteiger partial charge in [-0.3, -0.25) is 0 Å². The predicted octanol–water partition coefficient (Wildman–Crippen LogP) is 2.46. The van der Waals surface area contributed by atoms with Gasteiger partial charge in [-0.1, -0.05) is 17.7 Å². The lowest BCUT2D eigenvalue weighted by Gasteiger charge is -2.23. The van der Waals surface area contributed by atoms with Crippen LogP contribution in [0, 0.1) is 5.82 Å². The average Bonchev–Trinajstić information content (AvgIpc) is 2.19. The molecule has 0 amide bonds. The van der Waals surface area contributed by atoms with Crippen molar-refractivity contribution in [3.05, 3.63) is 34.6 Å². The smallest absolute Gasteiger partial charge is 0.141 e. The van der Waals surface area contributed by atoms with Crippen molar-refractivity contribution in [2.75, 3.05) is 6.61 Å². The summed E-state index contributed by atoms with van der Waals surface area (Å²) in [6.45, 7) is 1.64. The van der Waals surface area contributed by atoms with Gasteiger partial charge in [0.25, 0.3) is 0 Å². The van der Waals surface area contributed by atoms with Gasteiger partial charge in [-0.25, -0.2) is 4.39 Å². The molecule has 4 heteroatoms. The van der Waals surface area contributed by atoms with E-state index in [4.69, 9.17) is 16.7 Å². The van der Waals surface area contributed by atoms with Crippen molar-refractivity contribution in [2.24, 2.45) is 0 Å². The monoisotopic (exact) mass is 232 g/mol. The quantitative estimate of drug-likeness (QED) is 0.837. The van der Waals surface area contributed by atoms with Crippen LogP contribution < -0.4 is 0 Å². The average molecular weight is 233 g/mol. The molecule has 0 aliphatic heterocycles. The standard InChI is InChI=1S/C11H14ClFO2/c1-11(15,5-2-6-14)8-3-4-10(13)9(12)7-8/h3-4,7,14-15H,2,5-6H2,1H3. The number of aliphatic hydroxyl groups excluding tert-OH is 1. The van der Waals surface area contributed by atoms with Gasteiger partial charge in [0.05, 0.1) is 10.6 Å². The van der Waals surface area contributed by atoms with Crippen LogP contribution in [0.3, 0.4) is 0 Å². The van der Waals surface area contributed by atoms with Gasteiger partial charge in [-0.15, -0.1) is 0 Å². The highest BCUT2D eigenvalue weighted by Gasteiger charge is 2.23. The molecule has 1 atom stereocenters. The minimum absolute atomic E-state index is 0.00299. The molecule has 0 bridgehead atoms. The second-order valence-electron chi connectivity index (χ2n) is 3.73. The van der Waals surface area contributed by atoms with Gasteiger partial charge in [0.2, 0.25) is 0 Å². The van der Waals surface area contributed by atoms with Crippen molar-refractivity contribution in [3.8, 4) is 0 Å². The summed E-state index contributed by atoms with van der Waals surface area (Å²) in [6.07, 6.45) is 0.896. The zero-order chi connectivity index (χ0) is 11.5. The maximum atomic E-state index is 12.9. The van der Waals surface area contributed by atoms with Crippen molar-refractivity contribution >= 4 is 11.6 Å². The van der Waals surface area contributed by atoms with E-state index in [-0.39, 0.29) is 11.6 Å². The fraction of sp³-hybridized carbons (Fsp3) is 0.455. The summed E-state index contributed by atoms with van der Waals surface area (Å²) in [4.78, 5) is 0. The number of halogens is 2. The van der Waals surface area contributed by atoms with E-state index >= 15 is 0 Å². The van der Waals surface area contributed by atoms with Gasteiger partial charge in [-0.2, -0.15) is 0 Å². The van der Waals surface area contributed by atoms with Crippen molar-refractivity contribution in [1.29, 1.82) is 0 Å². The van der Waals surface area contributed by atoms with Gasteiger partial charge >= 0.3 is 0 Å². The lowest BCUT2D eigenvalue weighted by atomic mass is 9.91. The van der Waals surface area contributed by atoms with Gasteiger partial charge in [0, 0.05) is 6.61 Å². The Kier molecular flexibility index (Phi) is 4.08. The highest BCUT2D eigenvalue weighted by Crippen LogP contribution is 2.28. The van der Waals surface area contributed by atoms with Crippen molar-refractivity contribution < 1.29 is 14.6 Å². The van der Waals surface area contributed by atoms with Crippen LogP contribution in [0.4, 0.5) is 4.39 Å². The molecular weight excluding hydrogens is 219 g/mol. The van der Waals surface area contributed by atoms with E-state index in [1.165, 1.54) is 18.2 Å². The minimum atomic E-state index is -1.08. The number of benzene rings is 1. The van der Waals surface area contributed by atoms with E-state index in [0.717, 1.165) is 0 Å². The lowest BCUT2D eigenvalue weighted by molar-refractivity contribution is 0.0403. The molecule has 0 spiro atoms. The summed E-state index contributed by atoms with van der Waals surface area (Å²) in [6, 6.07) is 4.14. The highest BCUT2D eigenvalue weighted by molar-refractivity contribution is 6.30. The molecule has 0 heterocycles. The molecule has 1 unspecified atom stereocenters. The molecule has 0 aromatic heterocycles. The van der Waals surface area contributed by atoms with Crippen LogP contribution in [0.15, 0.2) is 18.2 Å². The Balaban J connectivity index is 2.89. The number of rotatable bonds is 4. The zero-order valence-electron chi connectivity index (χ0n) is 8.50. The molecule has 2 nitrogen and oxygen atoms in total. The second-order valence-corrected chi connectivity index (χ2v) is 4.14. The molecule has 0 saturated heterocycles. The van der Waals surface area contributed by atoms with E-state index < -0.39 is 11.4 Å². The van der Waals surface area contributed by atoms with Gasteiger partial charge in [0.1, 0.15) is 5.82 Å². The fourth-order valence-corrected chi connectivity index (χ4v) is 1.58. The summed E-state index contributed by atoms with van der Waals surface area (Å²) in [7, 11) is 0. The zero-order valence-corrected chi connectivity index (χ0v) is 9.26. The third-order valence-electron chi connectivity index (χ3n) is 2.36. The summed E-state index contributed by atoms with van der Waals surface area (Å²) in [5.74, 6) is -0.502. The molecule has 0 saturated carbocycles. The van der Waals surface area contributed by atoms with Gasteiger partial charge in [0.15, 0.2) is 0 Å². The van der Waals surface area contributed by atoms with Crippen molar-refractivity contribution in [2.45, 2.75) is 25.4 Å². The second kappa shape index (κ2) is 4.92. The first kappa shape index (κ1) is 12.4. The molecule has 1 aromatic rings. The molecule has 0 radical (unpaired) electrons. The third-order valence-corrected chi connectivity index (χ3v) is 2.65. The summed E-state index contributed by atoms with van der Waals surface area (Å²) < 4.78 is 12.9. The first-order valence-electron chi connectivity index (χ1n) is 4.76. The van der Waals surface area contributed by atoms with Crippen LogP contribution in [0.1, 0.15) is 25.3 Å². The topological polar surface area (TPSA) is 40.5 Å². The third kappa shape index (κ3) is 3.16. The van der Waals surface area contributed by atoms with E-state index in [2.05, 4.69) is 0 Å². The Bertz CT molecular complexity index is 339. The molecular formula is C11H14ClFO2. The van der Waals surface area contributed by atoms with Crippen LogP contribution >= 0.6 is 11.6 Å². The largest absolute Gasteiger partial charge is 0.396 e. The van der Waals surface area contributed by atoms with Crippen LogP contribution in [0.25, 0.3) is 0 Å². The SMILES string of the molecule is CC(O)(CCCO)c1ccc(F)c(Cl)c1. The minimum Gasteiger partial charge on any atom is -0.396 e. The number of hydrogen-bond acceptors (Lipinski definition) is 2. The van der Waals surface area contributed by atoms with E-state index in [1.54, 1.807) is 6.92 Å². The molecule has 0 fully saturated rings. The normalized spacial score (nSPS) is 15.0. The van der Waals surface area contributed by atoms with Crippen LogP contribution in [0.2, 0.25) is 5.02 Å². The molecule has 84 valence electrons. The Morgan fingerprint density at radius 3 is 2.67 bits per heavy atom. The first-order valence-corrected chi connectivity index (χ1v) is 5.14. The highest BCUT2D eigenvalue weighted by atomic mass is 35.5. The molecule has 2 N–H and O–H groups in total. The maximum Gasteiger partial charge on any atom is 0.141 e. The van der Waals surface area contributed by atoms with Crippen LogP contribution in [-0.2, 0) is 5.60 Å². The molecule has 0 aliphatic rings. The van der Waals surface area contributed by atoms with E-state index in [0.29, 0.717) is 18.4 Å². The van der Waals surface area contributed by atoms with Crippen LogP contribution in [-0.4, -0.2) is 16.8 Å². The summed E-state index contributed by atoms with van der Waals surface area (Å²) in [5, 5.41) is 18.7. The first-order chi connectivity index (χ1) is 6.97. The van der Waals surface area contributed by atoms with Crippen molar-refractivity contribution in [1.82, 2.24) is 0 Å². The van der Waals surface area contributed by atoms with Crippen LogP contribution in [0.5, 0.6) is 0 Å². The van der Waals surface area contributed by atoms with Crippen molar-refractivity contribution in [3.63, 3.8) is 0 Å². The Morgan fingerprint density at radius 1 is 1.47 bits per heavy atom. The molecule has 0 aliphatic carbocycles. The number of hydrogen-bond donors (Lipinski definition) is 2. The molecule has 1 aromatic carbocycles. The Hall–Kier alpha value is -0.640. The molecule has 1 rings (SSSR count). The van der Waals surface area contributed by atoms with E-state index in [9.17, 15) is 9.50 Å². The lowest BCUT2D eigenvalue weighted by Crippen LogP contribution is -2.21. The van der Waals surface area contributed by atoms with Gasteiger partial charge < -0.3 is 10.2 Å². The van der Waals surface area contributed by atoms with E-state index in [1.807, 2.05) is 0 Å².